The maximum absolute atomic E-state index is 12.6. The summed E-state index contributed by atoms with van der Waals surface area (Å²) >= 11 is 0. The van der Waals surface area contributed by atoms with Gasteiger partial charge in [-0.2, -0.15) is 0 Å². The standard InChI is InChI=1S/C27H38N4O2/c1-21(2)31-17-10-22(11-18-31)19-29-27(32)23-6-8-25(9-7-23)33-26-12-15-30(16-13-26)20-24-5-3-4-14-28-24/h3-9,14,21-22,26H,10-13,15-20H2,1-2H3,(H,29,32). The molecule has 1 aromatic carbocycles. The highest BCUT2D eigenvalue weighted by molar-refractivity contribution is 5.94. The summed E-state index contributed by atoms with van der Waals surface area (Å²) in [7, 11) is 0. The minimum absolute atomic E-state index is 0.00988. The van der Waals surface area contributed by atoms with Crippen molar-refractivity contribution >= 4 is 5.91 Å². The number of hydrogen-bond acceptors (Lipinski definition) is 5. The second kappa shape index (κ2) is 11.6. The van der Waals surface area contributed by atoms with Gasteiger partial charge in [0.25, 0.3) is 5.91 Å². The summed E-state index contributed by atoms with van der Waals surface area (Å²) < 4.78 is 6.19. The first kappa shape index (κ1) is 23.7. The molecule has 2 fully saturated rings. The Bertz CT molecular complexity index is 855. The Morgan fingerprint density at radius 2 is 1.76 bits per heavy atom. The van der Waals surface area contributed by atoms with Crippen LogP contribution in [0, 0.1) is 5.92 Å². The summed E-state index contributed by atoms with van der Waals surface area (Å²) in [4.78, 5) is 21.9. The molecule has 6 heteroatoms. The van der Waals surface area contributed by atoms with Crippen LogP contribution in [0.4, 0.5) is 0 Å². The Hall–Kier alpha value is -2.44. The van der Waals surface area contributed by atoms with Crippen molar-refractivity contribution in [2.75, 3.05) is 32.7 Å². The molecular weight excluding hydrogens is 412 g/mol. The van der Waals surface area contributed by atoms with Gasteiger partial charge in [0, 0.05) is 44.0 Å². The molecule has 1 aromatic heterocycles. The Morgan fingerprint density at radius 3 is 2.39 bits per heavy atom. The van der Waals surface area contributed by atoms with Crippen LogP contribution in [0.3, 0.4) is 0 Å². The number of carbonyl (C=O) groups is 1. The molecular formula is C27H38N4O2. The van der Waals surface area contributed by atoms with E-state index in [1.165, 1.54) is 0 Å². The lowest BCUT2D eigenvalue weighted by molar-refractivity contribution is 0.0928. The molecule has 1 N–H and O–H groups in total. The van der Waals surface area contributed by atoms with Gasteiger partial charge in [0.15, 0.2) is 0 Å². The Labute approximate surface area is 198 Å². The quantitative estimate of drug-likeness (QED) is 0.659. The molecule has 2 aliphatic rings. The molecule has 2 aromatic rings. The van der Waals surface area contributed by atoms with E-state index in [4.69, 9.17) is 4.74 Å². The SMILES string of the molecule is CC(C)N1CCC(CNC(=O)c2ccc(OC3CCN(Cc4ccccn4)CC3)cc2)CC1. The number of pyridine rings is 1. The molecule has 1 amide bonds. The summed E-state index contributed by atoms with van der Waals surface area (Å²) in [5.41, 5.74) is 1.82. The highest BCUT2D eigenvalue weighted by Gasteiger charge is 2.22. The molecule has 6 nitrogen and oxygen atoms in total. The van der Waals surface area contributed by atoms with Crippen LogP contribution >= 0.6 is 0 Å². The molecule has 0 atom stereocenters. The zero-order valence-corrected chi connectivity index (χ0v) is 20.1. The number of likely N-dealkylation sites (tertiary alicyclic amines) is 2. The topological polar surface area (TPSA) is 57.7 Å². The van der Waals surface area contributed by atoms with E-state index in [0.29, 0.717) is 17.5 Å². The molecule has 0 radical (unpaired) electrons. The first-order valence-electron chi connectivity index (χ1n) is 12.5. The molecule has 178 valence electrons. The minimum Gasteiger partial charge on any atom is -0.490 e. The van der Waals surface area contributed by atoms with E-state index in [2.05, 4.69) is 40.0 Å². The number of carbonyl (C=O) groups excluding carboxylic acids is 1. The van der Waals surface area contributed by atoms with Gasteiger partial charge in [-0.25, -0.2) is 0 Å². The summed E-state index contributed by atoms with van der Waals surface area (Å²) in [6.45, 7) is 10.5. The normalized spacial score (nSPS) is 19.0. The average molecular weight is 451 g/mol. The summed E-state index contributed by atoms with van der Waals surface area (Å²) in [5, 5.41) is 3.13. The van der Waals surface area contributed by atoms with Gasteiger partial charge in [-0.15, -0.1) is 0 Å². The predicted molar refractivity (Wildman–Crippen MR) is 131 cm³/mol. The number of piperidine rings is 2. The fraction of sp³-hybridized carbons (Fsp3) is 0.556. The second-order valence-corrected chi connectivity index (χ2v) is 9.72. The fourth-order valence-electron chi connectivity index (χ4n) is 4.80. The number of hydrogen-bond donors (Lipinski definition) is 1. The third-order valence-corrected chi connectivity index (χ3v) is 7.00. The zero-order valence-electron chi connectivity index (χ0n) is 20.1. The lowest BCUT2D eigenvalue weighted by Crippen LogP contribution is -2.41. The third-order valence-electron chi connectivity index (χ3n) is 7.00. The minimum atomic E-state index is 0.00988. The summed E-state index contributed by atoms with van der Waals surface area (Å²) in [6, 6.07) is 14.3. The second-order valence-electron chi connectivity index (χ2n) is 9.72. The van der Waals surface area contributed by atoms with Gasteiger partial charge in [0.05, 0.1) is 5.69 Å². The predicted octanol–water partition coefficient (Wildman–Crippen LogP) is 3.98. The number of aromatic nitrogens is 1. The van der Waals surface area contributed by atoms with E-state index >= 15 is 0 Å². The van der Waals surface area contributed by atoms with Gasteiger partial charge in [0.1, 0.15) is 11.9 Å². The lowest BCUT2D eigenvalue weighted by atomic mass is 9.96. The van der Waals surface area contributed by atoms with Crippen LogP contribution in [0.5, 0.6) is 5.75 Å². The van der Waals surface area contributed by atoms with E-state index in [-0.39, 0.29) is 12.0 Å². The molecule has 0 saturated carbocycles. The number of nitrogens with one attached hydrogen (secondary N) is 1. The zero-order chi connectivity index (χ0) is 23.0. The van der Waals surface area contributed by atoms with Crippen LogP contribution in [-0.2, 0) is 6.54 Å². The third kappa shape index (κ3) is 7.02. The Morgan fingerprint density at radius 1 is 1.03 bits per heavy atom. The number of nitrogens with zero attached hydrogens (tertiary/aromatic N) is 3. The molecule has 2 aliphatic heterocycles. The highest BCUT2D eigenvalue weighted by Crippen LogP contribution is 2.21. The molecule has 0 aliphatic carbocycles. The maximum Gasteiger partial charge on any atom is 0.251 e. The first-order chi connectivity index (χ1) is 16.1. The monoisotopic (exact) mass is 450 g/mol. The molecule has 0 unspecified atom stereocenters. The van der Waals surface area contributed by atoms with Crippen molar-refractivity contribution in [1.82, 2.24) is 20.1 Å². The van der Waals surface area contributed by atoms with Gasteiger partial charge in [-0.3, -0.25) is 14.7 Å². The molecule has 4 rings (SSSR count). The molecule has 2 saturated heterocycles. The van der Waals surface area contributed by atoms with Crippen molar-refractivity contribution in [1.29, 1.82) is 0 Å². The smallest absolute Gasteiger partial charge is 0.251 e. The largest absolute Gasteiger partial charge is 0.490 e. The average Bonchev–Trinajstić information content (AvgIpc) is 2.85. The van der Waals surface area contributed by atoms with Gasteiger partial charge in [-0.05, 0) is 94.9 Å². The van der Waals surface area contributed by atoms with Crippen LogP contribution < -0.4 is 10.1 Å². The van der Waals surface area contributed by atoms with Gasteiger partial charge in [0.2, 0.25) is 0 Å². The van der Waals surface area contributed by atoms with Crippen LogP contribution in [0.1, 0.15) is 55.6 Å². The van der Waals surface area contributed by atoms with Gasteiger partial charge >= 0.3 is 0 Å². The van der Waals surface area contributed by atoms with Gasteiger partial charge < -0.3 is 15.0 Å². The molecule has 0 bridgehead atoms. The number of ether oxygens (including phenoxy) is 1. The van der Waals surface area contributed by atoms with Crippen LogP contribution in [0.2, 0.25) is 0 Å². The van der Waals surface area contributed by atoms with Crippen LogP contribution in [0.25, 0.3) is 0 Å². The number of rotatable bonds is 8. The van der Waals surface area contributed by atoms with Crippen molar-refractivity contribution in [3.63, 3.8) is 0 Å². The van der Waals surface area contributed by atoms with Crippen molar-refractivity contribution < 1.29 is 9.53 Å². The molecule has 33 heavy (non-hydrogen) atoms. The van der Waals surface area contributed by atoms with E-state index in [0.717, 1.165) is 76.4 Å². The van der Waals surface area contributed by atoms with E-state index in [1.807, 2.05) is 42.6 Å². The van der Waals surface area contributed by atoms with Crippen molar-refractivity contribution in [3.05, 3.63) is 59.9 Å². The summed E-state index contributed by atoms with van der Waals surface area (Å²) in [5.74, 6) is 1.43. The van der Waals surface area contributed by atoms with Crippen molar-refractivity contribution in [3.8, 4) is 5.75 Å². The number of benzene rings is 1. The van der Waals surface area contributed by atoms with Crippen molar-refractivity contribution in [2.24, 2.45) is 5.92 Å². The highest BCUT2D eigenvalue weighted by atomic mass is 16.5. The van der Waals surface area contributed by atoms with E-state index < -0.39 is 0 Å². The fourth-order valence-corrected chi connectivity index (χ4v) is 4.80. The molecule has 3 heterocycles. The van der Waals surface area contributed by atoms with Crippen molar-refractivity contribution in [2.45, 2.75) is 58.2 Å². The lowest BCUT2D eigenvalue weighted by Gasteiger charge is -2.34. The number of amides is 1. The molecule has 0 spiro atoms. The van der Waals surface area contributed by atoms with Crippen LogP contribution in [-0.4, -0.2) is 65.6 Å². The Kier molecular flexibility index (Phi) is 8.35. The summed E-state index contributed by atoms with van der Waals surface area (Å²) in [6.07, 6.45) is 6.40. The van der Waals surface area contributed by atoms with Gasteiger partial charge in [-0.1, -0.05) is 6.07 Å². The van der Waals surface area contributed by atoms with Crippen LogP contribution in [0.15, 0.2) is 48.7 Å². The maximum atomic E-state index is 12.6. The van der Waals surface area contributed by atoms with E-state index in [1.54, 1.807) is 0 Å². The Balaban J connectivity index is 1.17. The first-order valence-corrected chi connectivity index (χ1v) is 12.5. The van der Waals surface area contributed by atoms with E-state index in [9.17, 15) is 4.79 Å².